The van der Waals surface area contributed by atoms with Gasteiger partial charge in [-0.2, -0.15) is 4.39 Å². The van der Waals surface area contributed by atoms with Crippen LogP contribution in [0.5, 0.6) is 0 Å². The van der Waals surface area contributed by atoms with Crippen LogP contribution in [0.4, 0.5) is 10.1 Å². The Morgan fingerprint density at radius 3 is 2.94 bits per heavy atom. The molecule has 1 aromatic carbocycles. The molecule has 1 aliphatic heterocycles. The summed E-state index contributed by atoms with van der Waals surface area (Å²) in [4.78, 5) is 6.72. The summed E-state index contributed by atoms with van der Waals surface area (Å²) in [5.74, 6) is 0.202. The number of hydrogen-bond donors (Lipinski definition) is 2. The molecular weight excluding hydrogens is 217 g/mol. The molecule has 3 rings (SSSR count). The fraction of sp³-hybridized carbons (Fsp3) is 0.154. The number of hydrogen-bond acceptors (Lipinski definition) is 2. The summed E-state index contributed by atoms with van der Waals surface area (Å²) in [5.41, 5.74) is 4.32. The summed E-state index contributed by atoms with van der Waals surface area (Å²) in [6.07, 6.45) is 0.786. The summed E-state index contributed by atoms with van der Waals surface area (Å²) in [6, 6.07) is 5.76. The molecule has 86 valence electrons. The Kier molecular flexibility index (Phi) is 2.04. The summed E-state index contributed by atoms with van der Waals surface area (Å²) in [6.45, 7) is 5.63. The first-order chi connectivity index (χ1) is 8.13. The number of nitrogens with zero attached hydrogens (tertiary/aromatic N) is 1. The Balaban J connectivity index is 2.09. The third-order valence-electron chi connectivity index (χ3n) is 2.87. The third-order valence-corrected chi connectivity index (χ3v) is 2.87. The number of rotatable bonds is 1. The van der Waals surface area contributed by atoms with Crippen LogP contribution in [0.2, 0.25) is 0 Å². The van der Waals surface area contributed by atoms with Crippen molar-refractivity contribution in [1.82, 2.24) is 9.97 Å². The molecule has 2 N–H and O–H groups in total. The van der Waals surface area contributed by atoms with Crippen LogP contribution in [0.15, 0.2) is 30.5 Å². The summed E-state index contributed by atoms with van der Waals surface area (Å²) in [5, 5.41) is 3.18. The van der Waals surface area contributed by atoms with Gasteiger partial charge in [0, 0.05) is 23.4 Å². The second-order valence-electron chi connectivity index (χ2n) is 4.26. The smallest absolute Gasteiger partial charge is 0.218 e. The minimum Gasteiger partial charge on any atom is -0.359 e. The Bertz CT molecular complexity index is 613. The van der Waals surface area contributed by atoms with Gasteiger partial charge in [-0.1, -0.05) is 12.6 Å². The molecule has 0 radical (unpaired) electrons. The second kappa shape index (κ2) is 3.45. The number of halogens is 1. The number of aromatic amines is 1. The van der Waals surface area contributed by atoms with Crippen LogP contribution in [0.1, 0.15) is 11.4 Å². The largest absolute Gasteiger partial charge is 0.359 e. The number of allylic oxidation sites excluding steroid dienone is 1. The van der Waals surface area contributed by atoms with Gasteiger partial charge in [-0.05, 0) is 24.6 Å². The average molecular weight is 229 g/mol. The van der Waals surface area contributed by atoms with Crippen LogP contribution in [0.3, 0.4) is 0 Å². The molecule has 0 unspecified atom stereocenters. The van der Waals surface area contributed by atoms with E-state index in [1.165, 1.54) is 0 Å². The van der Waals surface area contributed by atoms with E-state index in [1.54, 1.807) is 6.92 Å². The van der Waals surface area contributed by atoms with Crippen LogP contribution in [0, 0.1) is 12.9 Å². The molecule has 17 heavy (non-hydrogen) atoms. The molecule has 1 aromatic heterocycles. The van der Waals surface area contributed by atoms with Crippen LogP contribution < -0.4 is 5.32 Å². The number of fused-ring (bicyclic) bond motifs is 1. The highest BCUT2D eigenvalue weighted by Crippen LogP contribution is 2.31. The molecule has 0 bridgehead atoms. The van der Waals surface area contributed by atoms with Crippen molar-refractivity contribution in [2.45, 2.75) is 13.3 Å². The van der Waals surface area contributed by atoms with E-state index in [0.29, 0.717) is 11.5 Å². The zero-order chi connectivity index (χ0) is 12.0. The Morgan fingerprint density at radius 2 is 2.24 bits per heavy atom. The van der Waals surface area contributed by atoms with E-state index in [9.17, 15) is 4.39 Å². The maximum atomic E-state index is 13.6. The number of H-pyrrole nitrogens is 1. The lowest BCUT2D eigenvalue weighted by molar-refractivity contribution is 0.592. The van der Waals surface area contributed by atoms with Gasteiger partial charge in [-0.3, -0.25) is 0 Å². The Hall–Kier alpha value is -2.10. The lowest BCUT2D eigenvalue weighted by Gasteiger charge is -2.01. The van der Waals surface area contributed by atoms with Gasteiger partial charge in [-0.25, -0.2) is 4.98 Å². The van der Waals surface area contributed by atoms with Gasteiger partial charge in [0.25, 0.3) is 0 Å². The lowest BCUT2D eigenvalue weighted by Crippen LogP contribution is -1.87. The molecule has 0 aliphatic carbocycles. The number of imidazole rings is 1. The van der Waals surface area contributed by atoms with E-state index in [1.807, 2.05) is 18.2 Å². The average Bonchev–Trinajstić information content (AvgIpc) is 2.78. The quantitative estimate of drug-likeness (QED) is 0.789. The molecule has 4 heteroatoms. The van der Waals surface area contributed by atoms with Crippen molar-refractivity contribution in [3.63, 3.8) is 0 Å². The fourth-order valence-corrected chi connectivity index (χ4v) is 2.13. The van der Waals surface area contributed by atoms with Crippen LogP contribution in [0.25, 0.3) is 11.3 Å². The number of nitrogens with one attached hydrogen (secondary N) is 2. The molecule has 0 saturated carbocycles. The predicted octanol–water partition coefficient (Wildman–Crippen LogP) is 3.01. The van der Waals surface area contributed by atoms with E-state index in [0.717, 1.165) is 28.9 Å². The highest BCUT2D eigenvalue weighted by atomic mass is 19.1. The van der Waals surface area contributed by atoms with Gasteiger partial charge >= 0.3 is 0 Å². The van der Waals surface area contributed by atoms with Crippen molar-refractivity contribution in [1.29, 1.82) is 0 Å². The Labute approximate surface area is 98.4 Å². The molecule has 0 amide bonds. The molecular formula is C13H12FN3. The van der Waals surface area contributed by atoms with Crippen molar-refractivity contribution in [3.05, 3.63) is 47.8 Å². The van der Waals surface area contributed by atoms with E-state index in [4.69, 9.17) is 0 Å². The number of benzene rings is 1. The molecule has 3 nitrogen and oxygen atoms in total. The molecule has 0 atom stereocenters. The van der Waals surface area contributed by atoms with Gasteiger partial charge in [0.1, 0.15) is 11.5 Å². The van der Waals surface area contributed by atoms with Crippen molar-refractivity contribution in [3.8, 4) is 11.3 Å². The van der Waals surface area contributed by atoms with E-state index in [2.05, 4.69) is 21.9 Å². The molecule has 2 aromatic rings. The highest BCUT2D eigenvalue weighted by Gasteiger charge is 2.16. The van der Waals surface area contributed by atoms with Crippen LogP contribution in [-0.2, 0) is 6.42 Å². The zero-order valence-electron chi connectivity index (χ0n) is 9.47. The van der Waals surface area contributed by atoms with E-state index in [-0.39, 0.29) is 5.95 Å². The molecule has 1 aliphatic rings. The van der Waals surface area contributed by atoms with E-state index < -0.39 is 0 Å². The second-order valence-corrected chi connectivity index (χ2v) is 4.26. The lowest BCUT2D eigenvalue weighted by atomic mass is 10.1. The fourth-order valence-electron chi connectivity index (χ4n) is 2.13. The standard InChI is InChI=1S/C13H12FN3/c1-7-5-10-6-9(3-4-11(10)15-7)12-13(14)17-8(2)16-12/h3-4,6,15H,1,5H2,2H3,(H,16,17). The van der Waals surface area contributed by atoms with Gasteiger partial charge in [0.05, 0.1) is 0 Å². The SMILES string of the molecule is C=C1Cc2cc(-c3nc(C)[nH]c3F)ccc2N1. The van der Waals surface area contributed by atoms with Gasteiger partial charge in [0.15, 0.2) is 0 Å². The third kappa shape index (κ3) is 1.62. The first-order valence-electron chi connectivity index (χ1n) is 5.43. The normalized spacial score (nSPS) is 13.6. The number of aryl methyl sites for hydroxylation is 1. The predicted molar refractivity (Wildman–Crippen MR) is 65.2 cm³/mol. The molecule has 0 spiro atoms. The zero-order valence-corrected chi connectivity index (χ0v) is 9.47. The summed E-state index contributed by atoms with van der Waals surface area (Å²) >= 11 is 0. The van der Waals surface area contributed by atoms with Crippen molar-refractivity contribution in [2.24, 2.45) is 0 Å². The van der Waals surface area contributed by atoms with E-state index >= 15 is 0 Å². The van der Waals surface area contributed by atoms with Gasteiger partial charge in [0.2, 0.25) is 5.95 Å². The van der Waals surface area contributed by atoms with Gasteiger partial charge in [-0.15, -0.1) is 0 Å². The summed E-state index contributed by atoms with van der Waals surface area (Å²) < 4.78 is 13.6. The number of anilines is 1. The molecule has 0 saturated heterocycles. The molecule has 2 heterocycles. The first-order valence-corrected chi connectivity index (χ1v) is 5.43. The monoisotopic (exact) mass is 229 g/mol. The summed E-state index contributed by atoms with van der Waals surface area (Å²) in [7, 11) is 0. The minimum absolute atomic E-state index is 0.378. The van der Waals surface area contributed by atoms with Crippen LogP contribution in [-0.4, -0.2) is 9.97 Å². The van der Waals surface area contributed by atoms with Crippen molar-refractivity contribution in [2.75, 3.05) is 5.32 Å². The van der Waals surface area contributed by atoms with Crippen molar-refractivity contribution >= 4 is 5.69 Å². The van der Waals surface area contributed by atoms with Gasteiger partial charge < -0.3 is 10.3 Å². The first kappa shape index (κ1) is 10.1. The topological polar surface area (TPSA) is 40.7 Å². The highest BCUT2D eigenvalue weighted by molar-refractivity contribution is 5.70. The van der Waals surface area contributed by atoms with Crippen molar-refractivity contribution < 1.29 is 4.39 Å². The number of aromatic nitrogens is 2. The maximum Gasteiger partial charge on any atom is 0.218 e. The minimum atomic E-state index is -0.382. The molecule has 0 fully saturated rings. The maximum absolute atomic E-state index is 13.6. The Morgan fingerprint density at radius 1 is 1.41 bits per heavy atom. The van der Waals surface area contributed by atoms with Crippen LogP contribution >= 0.6 is 0 Å².